The first-order chi connectivity index (χ1) is 8.55. The van der Waals surface area contributed by atoms with Crippen LogP contribution in [0.15, 0.2) is 23.4 Å². The van der Waals surface area contributed by atoms with Gasteiger partial charge in [-0.3, -0.25) is 0 Å². The van der Waals surface area contributed by atoms with E-state index >= 15 is 0 Å². The molecule has 1 saturated heterocycles. The van der Waals surface area contributed by atoms with Crippen molar-refractivity contribution >= 4 is 10.0 Å². The van der Waals surface area contributed by atoms with Gasteiger partial charge in [0.15, 0.2) is 5.82 Å². The molecule has 0 spiro atoms. The van der Waals surface area contributed by atoms with Gasteiger partial charge in [0.05, 0.1) is 0 Å². The maximum absolute atomic E-state index is 13.5. The summed E-state index contributed by atoms with van der Waals surface area (Å²) >= 11 is 0. The molecule has 100 valence electrons. The van der Waals surface area contributed by atoms with Crippen LogP contribution in [0.1, 0.15) is 12.8 Å². The summed E-state index contributed by atoms with van der Waals surface area (Å²) in [6.07, 6.45) is 2.97. The quantitative estimate of drug-likeness (QED) is 0.875. The highest BCUT2D eigenvalue weighted by molar-refractivity contribution is 7.89. The molecular formula is C11H16FN3O2S. The molecule has 1 N–H and O–H groups in total. The van der Waals surface area contributed by atoms with Crippen molar-refractivity contribution in [3.8, 4) is 0 Å². The first-order valence-electron chi connectivity index (χ1n) is 5.83. The lowest BCUT2D eigenvalue weighted by atomic mass is 10.1. The molecule has 0 aromatic carbocycles. The van der Waals surface area contributed by atoms with Crippen molar-refractivity contribution in [3.63, 3.8) is 0 Å². The highest BCUT2D eigenvalue weighted by Gasteiger charge is 2.32. The zero-order chi connectivity index (χ0) is 13.2. The van der Waals surface area contributed by atoms with E-state index in [1.54, 1.807) is 7.05 Å². The second kappa shape index (κ2) is 5.29. The first-order valence-corrected chi connectivity index (χ1v) is 7.27. The van der Waals surface area contributed by atoms with Crippen LogP contribution in [0.25, 0.3) is 0 Å². The minimum atomic E-state index is -3.83. The van der Waals surface area contributed by atoms with E-state index < -0.39 is 20.9 Å². The lowest BCUT2D eigenvalue weighted by molar-refractivity contribution is 0.291. The van der Waals surface area contributed by atoms with E-state index in [0.29, 0.717) is 13.1 Å². The van der Waals surface area contributed by atoms with E-state index in [1.807, 2.05) is 0 Å². The Bertz CT molecular complexity index is 521. The Kier molecular flexibility index (Phi) is 3.94. The van der Waals surface area contributed by atoms with Crippen LogP contribution in [0, 0.1) is 5.82 Å². The lowest BCUT2D eigenvalue weighted by Crippen LogP contribution is -2.47. The highest BCUT2D eigenvalue weighted by Crippen LogP contribution is 2.20. The zero-order valence-electron chi connectivity index (χ0n) is 10.1. The molecule has 5 nitrogen and oxygen atoms in total. The summed E-state index contributed by atoms with van der Waals surface area (Å²) in [6, 6.07) is 2.60. The fourth-order valence-corrected chi connectivity index (χ4v) is 3.58. The number of nitrogens with one attached hydrogen (secondary N) is 1. The van der Waals surface area contributed by atoms with Gasteiger partial charge in [0, 0.05) is 25.3 Å². The average Bonchev–Trinajstić information content (AvgIpc) is 2.39. The molecule has 2 heterocycles. The number of hydrogen-bond donors (Lipinski definition) is 1. The van der Waals surface area contributed by atoms with E-state index in [0.717, 1.165) is 18.9 Å². The average molecular weight is 273 g/mol. The standard InChI is InChI=1S/C11H16FN3O2S/c1-13-9-4-3-7-15(8-9)18(16,17)11-10(12)5-2-6-14-11/h2,5-6,9,13H,3-4,7-8H2,1H3. The topological polar surface area (TPSA) is 62.3 Å². The number of likely N-dealkylation sites (N-methyl/N-ethyl adjacent to an activating group) is 1. The van der Waals surface area contributed by atoms with Crippen LogP contribution in [0.3, 0.4) is 0 Å². The number of sulfonamides is 1. The molecule has 1 aromatic heterocycles. The van der Waals surface area contributed by atoms with Gasteiger partial charge in [0.2, 0.25) is 5.03 Å². The molecule has 1 aliphatic heterocycles. The van der Waals surface area contributed by atoms with Crippen LogP contribution < -0.4 is 5.32 Å². The van der Waals surface area contributed by atoms with Crippen molar-refractivity contribution in [2.75, 3.05) is 20.1 Å². The van der Waals surface area contributed by atoms with Crippen molar-refractivity contribution < 1.29 is 12.8 Å². The summed E-state index contributed by atoms with van der Waals surface area (Å²) in [5.74, 6) is -0.802. The number of hydrogen-bond acceptors (Lipinski definition) is 4. The molecule has 2 rings (SSSR count). The fourth-order valence-electron chi connectivity index (χ4n) is 2.08. The molecule has 1 aliphatic rings. The van der Waals surface area contributed by atoms with Gasteiger partial charge in [-0.25, -0.2) is 17.8 Å². The van der Waals surface area contributed by atoms with E-state index in [9.17, 15) is 12.8 Å². The Hall–Kier alpha value is -1.05. The molecule has 18 heavy (non-hydrogen) atoms. The van der Waals surface area contributed by atoms with Gasteiger partial charge in [0.25, 0.3) is 10.0 Å². The monoisotopic (exact) mass is 273 g/mol. The zero-order valence-corrected chi connectivity index (χ0v) is 11.0. The third-order valence-electron chi connectivity index (χ3n) is 3.10. The second-order valence-electron chi connectivity index (χ2n) is 4.28. The molecule has 7 heteroatoms. The van der Waals surface area contributed by atoms with Crippen LogP contribution in [-0.2, 0) is 10.0 Å². The molecule has 0 aliphatic carbocycles. The molecule has 1 unspecified atom stereocenters. The number of halogens is 1. The fraction of sp³-hybridized carbons (Fsp3) is 0.545. The van der Waals surface area contributed by atoms with Crippen molar-refractivity contribution in [2.24, 2.45) is 0 Å². The third kappa shape index (κ3) is 2.52. The van der Waals surface area contributed by atoms with Crippen LogP contribution in [-0.4, -0.2) is 43.9 Å². The number of piperidine rings is 1. The molecule has 0 bridgehead atoms. The Morgan fingerprint density at radius 2 is 2.33 bits per heavy atom. The maximum Gasteiger partial charge on any atom is 0.263 e. The predicted molar refractivity (Wildman–Crippen MR) is 65.0 cm³/mol. The smallest absolute Gasteiger partial charge is 0.263 e. The Labute approximate surface area is 106 Å². The van der Waals surface area contributed by atoms with E-state index in [1.165, 1.54) is 16.6 Å². The van der Waals surface area contributed by atoms with Crippen molar-refractivity contribution in [1.82, 2.24) is 14.6 Å². The lowest BCUT2D eigenvalue weighted by Gasteiger charge is -2.31. The molecular weight excluding hydrogens is 257 g/mol. The van der Waals surface area contributed by atoms with Gasteiger partial charge >= 0.3 is 0 Å². The second-order valence-corrected chi connectivity index (χ2v) is 6.13. The van der Waals surface area contributed by atoms with Gasteiger partial charge < -0.3 is 5.32 Å². The maximum atomic E-state index is 13.5. The summed E-state index contributed by atoms with van der Waals surface area (Å²) in [5.41, 5.74) is 0. The molecule has 1 fully saturated rings. The van der Waals surface area contributed by atoms with Gasteiger partial charge in [-0.15, -0.1) is 0 Å². The van der Waals surface area contributed by atoms with Crippen LogP contribution in [0.2, 0.25) is 0 Å². The highest BCUT2D eigenvalue weighted by atomic mass is 32.2. The van der Waals surface area contributed by atoms with Crippen LogP contribution >= 0.6 is 0 Å². The number of pyridine rings is 1. The summed E-state index contributed by atoms with van der Waals surface area (Å²) in [7, 11) is -2.03. The predicted octanol–water partition coefficient (Wildman–Crippen LogP) is 0.593. The SMILES string of the molecule is CNC1CCCN(S(=O)(=O)c2ncccc2F)C1. The Morgan fingerprint density at radius 1 is 1.56 bits per heavy atom. The minimum absolute atomic E-state index is 0.111. The molecule has 0 saturated carbocycles. The van der Waals surface area contributed by atoms with E-state index in [-0.39, 0.29) is 6.04 Å². The van der Waals surface area contributed by atoms with Gasteiger partial charge in [-0.1, -0.05) is 0 Å². The van der Waals surface area contributed by atoms with E-state index in [2.05, 4.69) is 10.3 Å². The molecule has 1 aromatic rings. The summed E-state index contributed by atoms with van der Waals surface area (Å²) in [4.78, 5) is 3.65. The van der Waals surface area contributed by atoms with Crippen molar-refractivity contribution in [2.45, 2.75) is 23.9 Å². The first kappa shape index (κ1) is 13.4. The molecule has 0 radical (unpaired) electrons. The summed E-state index contributed by atoms with van der Waals surface area (Å²) in [5, 5.41) is 2.57. The van der Waals surface area contributed by atoms with Crippen molar-refractivity contribution in [1.29, 1.82) is 0 Å². The largest absolute Gasteiger partial charge is 0.316 e. The minimum Gasteiger partial charge on any atom is -0.316 e. The van der Waals surface area contributed by atoms with Gasteiger partial charge in [-0.05, 0) is 32.0 Å². The molecule has 0 amide bonds. The third-order valence-corrected chi connectivity index (χ3v) is 4.90. The number of aromatic nitrogens is 1. The summed E-state index contributed by atoms with van der Waals surface area (Å²) in [6.45, 7) is 0.769. The number of nitrogens with zero attached hydrogens (tertiary/aromatic N) is 2. The van der Waals surface area contributed by atoms with Gasteiger partial charge in [0.1, 0.15) is 0 Å². The molecule has 1 atom stereocenters. The Morgan fingerprint density at radius 3 is 3.00 bits per heavy atom. The van der Waals surface area contributed by atoms with Crippen LogP contribution in [0.4, 0.5) is 4.39 Å². The normalized spacial score (nSPS) is 22.0. The van der Waals surface area contributed by atoms with Gasteiger partial charge in [-0.2, -0.15) is 4.31 Å². The van der Waals surface area contributed by atoms with E-state index in [4.69, 9.17) is 0 Å². The summed E-state index contributed by atoms with van der Waals surface area (Å²) < 4.78 is 39.4. The van der Waals surface area contributed by atoms with Crippen molar-refractivity contribution in [3.05, 3.63) is 24.1 Å². The number of rotatable bonds is 3. The Balaban J connectivity index is 2.29. The van der Waals surface area contributed by atoms with Crippen LogP contribution in [0.5, 0.6) is 0 Å².